The fraction of sp³-hybridized carbons (Fsp3) is 0.381. The van der Waals surface area contributed by atoms with Crippen molar-refractivity contribution in [1.82, 2.24) is 4.90 Å². The van der Waals surface area contributed by atoms with Gasteiger partial charge in [-0.25, -0.2) is 4.79 Å². The van der Waals surface area contributed by atoms with Gasteiger partial charge in [0.05, 0.1) is 19.8 Å². The maximum Gasteiger partial charge on any atom is 0.335 e. The molecule has 1 heterocycles. The van der Waals surface area contributed by atoms with E-state index in [1.807, 2.05) is 30.3 Å². The summed E-state index contributed by atoms with van der Waals surface area (Å²) >= 11 is 0. The van der Waals surface area contributed by atoms with E-state index in [2.05, 4.69) is 10.2 Å². The molecule has 2 aromatic carbocycles. The van der Waals surface area contributed by atoms with E-state index < -0.39 is 5.97 Å². The molecule has 1 fully saturated rings. The van der Waals surface area contributed by atoms with E-state index in [9.17, 15) is 4.79 Å². The lowest BCUT2D eigenvalue weighted by Gasteiger charge is -2.33. The molecular formula is C21H26N2O4. The Balaban J connectivity index is 1.61. The van der Waals surface area contributed by atoms with Crippen molar-refractivity contribution in [2.45, 2.75) is 25.4 Å². The molecule has 6 nitrogen and oxygen atoms in total. The third-order valence-electron chi connectivity index (χ3n) is 4.83. The zero-order valence-electron chi connectivity index (χ0n) is 15.8. The molecule has 3 rings (SSSR count). The summed E-state index contributed by atoms with van der Waals surface area (Å²) < 4.78 is 10.7. The Morgan fingerprint density at radius 1 is 1.15 bits per heavy atom. The monoisotopic (exact) mass is 370 g/mol. The minimum absolute atomic E-state index is 0.323. The van der Waals surface area contributed by atoms with Gasteiger partial charge in [0.15, 0.2) is 0 Å². The highest BCUT2D eigenvalue weighted by Gasteiger charge is 2.20. The van der Waals surface area contributed by atoms with Crippen molar-refractivity contribution in [1.29, 1.82) is 0 Å². The summed E-state index contributed by atoms with van der Waals surface area (Å²) in [5.74, 6) is 0.642. The Morgan fingerprint density at radius 2 is 1.81 bits per heavy atom. The molecule has 6 heteroatoms. The van der Waals surface area contributed by atoms with E-state index in [-0.39, 0.29) is 0 Å². The smallest absolute Gasteiger partial charge is 0.335 e. The number of ether oxygens (including phenoxy) is 2. The van der Waals surface area contributed by atoms with Gasteiger partial charge in [0, 0.05) is 43.0 Å². The number of benzene rings is 2. The van der Waals surface area contributed by atoms with E-state index in [4.69, 9.17) is 14.6 Å². The maximum atomic E-state index is 11.0. The number of methoxy groups -OCH3 is 2. The quantitative estimate of drug-likeness (QED) is 0.778. The number of carboxylic acids is 1. The van der Waals surface area contributed by atoms with E-state index >= 15 is 0 Å². The van der Waals surface area contributed by atoms with Crippen molar-refractivity contribution in [3.05, 3.63) is 53.6 Å². The van der Waals surface area contributed by atoms with Gasteiger partial charge < -0.3 is 19.9 Å². The van der Waals surface area contributed by atoms with Crippen LogP contribution in [0.1, 0.15) is 28.8 Å². The van der Waals surface area contributed by atoms with E-state index in [1.54, 1.807) is 26.4 Å². The van der Waals surface area contributed by atoms with Crippen LogP contribution < -0.4 is 14.8 Å². The molecule has 0 radical (unpaired) electrons. The highest BCUT2D eigenvalue weighted by Crippen LogP contribution is 2.27. The number of anilines is 1. The lowest BCUT2D eigenvalue weighted by atomic mass is 10.0. The molecule has 0 bridgehead atoms. The Bertz CT molecular complexity index is 754. The second kappa shape index (κ2) is 8.77. The number of piperidine rings is 1. The van der Waals surface area contributed by atoms with Crippen LogP contribution in [0, 0.1) is 0 Å². The minimum Gasteiger partial charge on any atom is -0.497 e. The van der Waals surface area contributed by atoms with Crippen LogP contribution in [0.4, 0.5) is 5.69 Å². The van der Waals surface area contributed by atoms with Gasteiger partial charge in [-0.2, -0.15) is 0 Å². The summed E-state index contributed by atoms with van der Waals surface area (Å²) in [6, 6.07) is 13.3. The number of aromatic carboxylic acids is 1. The van der Waals surface area contributed by atoms with Crippen LogP contribution in [-0.4, -0.2) is 49.3 Å². The van der Waals surface area contributed by atoms with Crippen LogP contribution in [0.2, 0.25) is 0 Å². The third kappa shape index (κ3) is 5.14. The van der Waals surface area contributed by atoms with Crippen molar-refractivity contribution in [3.63, 3.8) is 0 Å². The first-order valence-corrected chi connectivity index (χ1v) is 9.11. The summed E-state index contributed by atoms with van der Waals surface area (Å²) in [6.45, 7) is 2.79. The summed E-state index contributed by atoms with van der Waals surface area (Å²) in [5, 5.41) is 12.6. The Hall–Kier alpha value is -2.73. The number of nitrogens with one attached hydrogen (secondary N) is 1. The van der Waals surface area contributed by atoms with Crippen LogP contribution in [-0.2, 0) is 6.54 Å². The van der Waals surface area contributed by atoms with E-state index in [0.29, 0.717) is 11.6 Å². The average molecular weight is 370 g/mol. The van der Waals surface area contributed by atoms with E-state index in [0.717, 1.165) is 55.2 Å². The Labute approximate surface area is 159 Å². The van der Waals surface area contributed by atoms with Gasteiger partial charge in [0.25, 0.3) is 0 Å². The zero-order chi connectivity index (χ0) is 19.2. The van der Waals surface area contributed by atoms with Gasteiger partial charge in [-0.05, 0) is 37.1 Å². The van der Waals surface area contributed by atoms with Crippen molar-refractivity contribution in [2.24, 2.45) is 0 Å². The van der Waals surface area contributed by atoms with Crippen LogP contribution in [0.25, 0.3) is 0 Å². The lowest BCUT2D eigenvalue weighted by Crippen LogP contribution is -2.41. The minimum atomic E-state index is -0.891. The van der Waals surface area contributed by atoms with Crippen molar-refractivity contribution >= 4 is 11.7 Å². The predicted molar refractivity (Wildman–Crippen MR) is 105 cm³/mol. The molecule has 2 N–H and O–H groups in total. The molecule has 27 heavy (non-hydrogen) atoms. The molecule has 2 aromatic rings. The number of likely N-dealkylation sites (tertiary alicyclic amines) is 1. The second-order valence-corrected chi connectivity index (χ2v) is 6.82. The summed E-state index contributed by atoms with van der Waals surface area (Å²) in [5.41, 5.74) is 2.44. The van der Waals surface area contributed by atoms with Crippen molar-refractivity contribution < 1.29 is 19.4 Å². The fourth-order valence-electron chi connectivity index (χ4n) is 3.45. The largest absolute Gasteiger partial charge is 0.497 e. The van der Waals surface area contributed by atoms with E-state index in [1.165, 1.54) is 0 Å². The average Bonchev–Trinajstić information content (AvgIpc) is 2.68. The second-order valence-electron chi connectivity index (χ2n) is 6.82. The number of hydrogen-bond acceptors (Lipinski definition) is 5. The van der Waals surface area contributed by atoms with Crippen LogP contribution in [0.3, 0.4) is 0 Å². The zero-order valence-corrected chi connectivity index (χ0v) is 15.8. The molecule has 144 valence electrons. The third-order valence-corrected chi connectivity index (χ3v) is 4.83. The van der Waals surface area contributed by atoms with Crippen LogP contribution in [0.5, 0.6) is 11.5 Å². The Kier molecular flexibility index (Phi) is 6.19. The SMILES string of the molecule is COc1cc(NC2CCCN(Cc3ccc(C(=O)O)cc3)C2)cc(OC)c1. The lowest BCUT2D eigenvalue weighted by molar-refractivity contribution is 0.0697. The Morgan fingerprint density at radius 3 is 2.41 bits per heavy atom. The maximum absolute atomic E-state index is 11.0. The fourth-order valence-corrected chi connectivity index (χ4v) is 3.45. The molecule has 0 aromatic heterocycles. The standard InChI is InChI=1S/C21H26N2O4/c1-26-19-10-18(11-20(12-19)27-2)22-17-4-3-9-23(14-17)13-15-5-7-16(8-6-15)21(24)25/h5-8,10-12,17,22H,3-4,9,13-14H2,1-2H3,(H,24,25). The van der Waals surface area contributed by atoms with Gasteiger partial charge in [0.1, 0.15) is 11.5 Å². The highest BCUT2D eigenvalue weighted by atomic mass is 16.5. The van der Waals surface area contributed by atoms with Crippen LogP contribution in [0.15, 0.2) is 42.5 Å². The number of carbonyl (C=O) groups is 1. The molecule has 1 saturated heterocycles. The van der Waals surface area contributed by atoms with Crippen molar-refractivity contribution in [2.75, 3.05) is 32.6 Å². The predicted octanol–water partition coefficient (Wildman–Crippen LogP) is 3.48. The van der Waals surface area contributed by atoms with Gasteiger partial charge in [-0.1, -0.05) is 12.1 Å². The molecule has 0 aliphatic carbocycles. The summed E-state index contributed by atoms with van der Waals surface area (Å²) in [4.78, 5) is 13.4. The molecule has 1 aliphatic heterocycles. The van der Waals surface area contributed by atoms with Gasteiger partial charge in [0.2, 0.25) is 0 Å². The van der Waals surface area contributed by atoms with Gasteiger partial charge in [-0.15, -0.1) is 0 Å². The molecule has 0 spiro atoms. The molecule has 0 saturated carbocycles. The molecule has 1 aliphatic rings. The molecular weight excluding hydrogens is 344 g/mol. The molecule has 1 atom stereocenters. The first-order chi connectivity index (χ1) is 13.1. The number of nitrogens with zero attached hydrogens (tertiary/aromatic N) is 1. The molecule has 1 unspecified atom stereocenters. The first-order valence-electron chi connectivity index (χ1n) is 9.11. The highest BCUT2D eigenvalue weighted by molar-refractivity contribution is 5.87. The summed E-state index contributed by atoms with van der Waals surface area (Å²) in [6.07, 6.45) is 2.22. The van der Waals surface area contributed by atoms with Crippen LogP contribution >= 0.6 is 0 Å². The number of carboxylic acid groups (broad SMARTS) is 1. The first kappa shape index (κ1) is 19.0. The number of hydrogen-bond donors (Lipinski definition) is 2. The van der Waals surface area contributed by atoms with Crippen molar-refractivity contribution in [3.8, 4) is 11.5 Å². The number of rotatable bonds is 7. The topological polar surface area (TPSA) is 71.0 Å². The molecule has 0 amide bonds. The van der Waals surface area contributed by atoms with Gasteiger partial charge >= 0.3 is 5.97 Å². The normalized spacial score (nSPS) is 17.3. The summed E-state index contributed by atoms with van der Waals surface area (Å²) in [7, 11) is 3.30. The van der Waals surface area contributed by atoms with Gasteiger partial charge in [-0.3, -0.25) is 4.90 Å².